The summed E-state index contributed by atoms with van der Waals surface area (Å²) in [6, 6.07) is 7.07. The Morgan fingerprint density at radius 1 is 1.19 bits per heavy atom. The average Bonchev–Trinajstić information content (AvgIpc) is 3.40. The Kier molecular flexibility index (Phi) is 10.5. The maximum absolute atomic E-state index is 13.4. The fourth-order valence-electron chi connectivity index (χ4n) is 4.38. The summed E-state index contributed by atoms with van der Waals surface area (Å²) >= 11 is 8.88. The average molecular weight is 650 g/mol. The molecule has 0 saturated carbocycles. The number of aryl methyl sites for hydroxylation is 1. The molecule has 230 valence electrons. The lowest BCUT2D eigenvalue weighted by Crippen LogP contribution is -2.62. The molecule has 2 aromatic rings. The highest BCUT2D eigenvalue weighted by atomic mass is 35.5. The van der Waals surface area contributed by atoms with Crippen LogP contribution in [0.2, 0.25) is 0 Å². The number of thioether (sulfide) groups is 1. The van der Waals surface area contributed by atoms with Gasteiger partial charge in [0.2, 0.25) is 12.5 Å². The van der Waals surface area contributed by atoms with E-state index in [1.54, 1.807) is 64.5 Å². The van der Waals surface area contributed by atoms with E-state index in [-0.39, 0.29) is 36.0 Å². The number of fused-ring (bicyclic) bond motifs is 1. The Bertz CT molecular complexity index is 1450. The minimum atomic E-state index is -0.713. The largest absolute Gasteiger partial charge is 0.497 e. The summed E-state index contributed by atoms with van der Waals surface area (Å²) in [4.78, 5) is 62.9. The number of halogens is 1. The zero-order valence-corrected chi connectivity index (χ0v) is 26.8. The van der Waals surface area contributed by atoms with Crippen LogP contribution in [0, 0.1) is 12.8 Å². The van der Waals surface area contributed by atoms with Crippen molar-refractivity contribution in [2.24, 2.45) is 11.1 Å². The lowest BCUT2D eigenvalue weighted by atomic mass is 9.89. The SMILES string of the molecule is COc1ccc(COC(=O)C2=C(CCl)CSC3C(CC(=O)/C(=N\OCC(=O)OC(C)(C)C)c4csc(C)n4)C(=O)N23)cc1. The topological polar surface area (TPSA) is 134 Å². The van der Waals surface area contributed by atoms with Gasteiger partial charge >= 0.3 is 11.9 Å². The number of amides is 1. The van der Waals surface area contributed by atoms with E-state index < -0.39 is 47.1 Å². The third kappa shape index (κ3) is 7.95. The first-order valence-corrected chi connectivity index (χ1v) is 15.8. The van der Waals surface area contributed by atoms with Gasteiger partial charge in [-0.25, -0.2) is 14.6 Å². The fourth-order valence-corrected chi connectivity index (χ4v) is 6.72. The molecule has 14 heteroatoms. The van der Waals surface area contributed by atoms with Crippen LogP contribution in [0.15, 0.2) is 46.1 Å². The third-order valence-electron chi connectivity index (χ3n) is 6.33. The van der Waals surface area contributed by atoms with Crippen LogP contribution in [0.4, 0.5) is 0 Å². The minimum absolute atomic E-state index is 0.000173. The van der Waals surface area contributed by atoms with Gasteiger partial charge in [-0.2, -0.15) is 0 Å². The van der Waals surface area contributed by atoms with Crippen molar-refractivity contribution in [3.8, 4) is 5.75 Å². The number of rotatable bonds is 12. The number of alkyl halides is 1. The van der Waals surface area contributed by atoms with Gasteiger partial charge in [0, 0.05) is 23.4 Å². The lowest BCUT2D eigenvalue weighted by Gasteiger charge is -2.49. The number of methoxy groups -OCH3 is 1. The van der Waals surface area contributed by atoms with Crippen LogP contribution in [-0.4, -0.2) is 75.5 Å². The molecule has 0 radical (unpaired) electrons. The number of benzene rings is 1. The Balaban J connectivity index is 1.45. The van der Waals surface area contributed by atoms with Gasteiger partial charge in [0.15, 0.2) is 11.5 Å². The quantitative estimate of drug-likeness (QED) is 0.108. The van der Waals surface area contributed by atoms with Crippen LogP contribution in [0.5, 0.6) is 5.75 Å². The van der Waals surface area contributed by atoms with Gasteiger partial charge in [-0.15, -0.1) is 34.7 Å². The molecule has 1 amide bonds. The highest BCUT2D eigenvalue weighted by molar-refractivity contribution is 8.00. The predicted molar refractivity (Wildman–Crippen MR) is 162 cm³/mol. The summed E-state index contributed by atoms with van der Waals surface area (Å²) < 4.78 is 15.9. The number of ketones is 1. The van der Waals surface area contributed by atoms with Gasteiger partial charge in [-0.3, -0.25) is 14.5 Å². The molecule has 3 heterocycles. The second-order valence-corrected chi connectivity index (χ2v) is 13.1. The first kappa shape index (κ1) is 32.5. The molecule has 0 spiro atoms. The molecule has 0 aliphatic carbocycles. The summed E-state index contributed by atoms with van der Waals surface area (Å²) in [7, 11) is 1.56. The fraction of sp³-hybridized carbons (Fsp3) is 0.448. The van der Waals surface area contributed by atoms with E-state index in [1.807, 2.05) is 0 Å². The zero-order chi connectivity index (χ0) is 31.3. The van der Waals surface area contributed by atoms with Crippen molar-refractivity contribution in [3.63, 3.8) is 0 Å². The van der Waals surface area contributed by atoms with Gasteiger partial charge in [-0.1, -0.05) is 17.3 Å². The summed E-state index contributed by atoms with van der Waals surface area (Å²) in [5.41, 5.74) is 0.920. The van der Waals surface area contributed by atoms with E-state index in [0.717, 1.165) is 5.56 Å². The molecular formula is C29H32ClN3O8S2. The molecule has 2 atom stereocenters. The number of Topliss-reactive ketones (excluding diaryl/α,β-unsaturated/α-hetero) is 1. The molecule has 2 aliphatic rings. The summed E-state index contributed by atoms with van der Waals surface area (Å²) in [5, 5.41) is 5.81. The van der Waals surface area contributed by atoms with Gasteiger partial charge in [0.1, 0.15) is 29.3 Å². The van der Waals surface area contributed by atoms with Crippen LogP contribution in [0.25, 0.3) is 0 Å². The van der Waals surface area contributed by atoms with Crippen LogP contribution in [0.3, 0.4) is 0 Å². The Morgan fingerprint density at radius 2 is 1.91 bits per heavy atom. The van der Waals surface area contributed by atoms with Crippen LogP contribution < -0.4 is 4.74 Å². The first-order chi connectivity index (χ1) is 20.4. The molecule has 2 unspecified atom stereocenters. The Morgan fingerprint density at radius 3 is 2.51 bits per heavy atom. The van der Waals surface area contributed by atoms with Gasteiger partial charge in [0.25, 0.3) is 0 Å². The van der Waals surface area contributed by atoms with Crippen LogP contribution in [-0.2, 0) is 40.1 Å². The van der Waals surface area contributed by atoms with E-state index >= 15 is 0 Å². The van der Waals surface area contributed by atoms with Crippen molar-refractivity contribution in [3.05, 3.63) is 57.2 Å². The number of aromatic nitrogens is 1. The number of oxime groups is 1. The van der Waals surface area contributed by atoms with E-state index in [2.05, 4.69) is 10.1 Å². The second-order valence-electron chi connectivity index (χ2n) is 10.7. The van der Waals surface area contributed by atoms with Crippen molar-refractivity contribution in [2.75, 3.05) is 25.3 Å². The third-order valence-corrected chi connectivity index (χ3v) is 8.82. The van der Waals surface area contributed by atoms with Gasteiger partial charge in [0.05, 0.1) is 23.4 Å². The number of β-lactam (4-membered cyclic amide) rings is 1. The molecule has 4 rings (SSSR count). The number of carbonyl (C=O) groups is 4. The smallest absolute Gasteiger partial charge is 0.355 e. The Hall–Kier alpha value is -3.42. The standard InChI is InChI=1S/C29H32ClN3O8S2/c1-16-31-21(15-42-16)24(32-40-13-23(35)41-29(2,3)4)22(34)10-20-26(36)33-25(18(11-30)14-43-27(20)33)28(37)39-12-17-6-8-19(38-5)9-7-17/h6-9,15,20,27H,10-14H2,1-5H3/b32-24-. The number of carbonyl (C=O) groups excluding carboxylic acids is 4. The van der Waals surface area contributed by atoms with Crippen molar-refractivity contribution in [1.29, 1.82) is 0 Å². The molecule has 1 aromatic heterocycles. The molecule has 1 aromatic carbocycles. The van der Waals surface area contributed by atoms with Crippen LogP contribution >= 0.6 is 34.7 Å². The first-order valence-electron chi connectivity index (χ1n) is 13.3. The number of thiazole rings is 1. The molecule has 1 saturated heterocycles. The van der Waals surface area contributed by atoms with Crippen molar-refractivity contribution in [2.45, 2.75) is 51.7 Å². The molecule has 0 N–H and O–H groups in total. The minimum Gasteiger partial charge on any atom is -0.497 e. The van der Waals surface area contributed by atoms with Crippen molar-refractivity contribution in [1.82, 2.24) is 9.88 Å². The molecule has 0 bridgehead atoms. The Labute approximate surface area is 262 Å². The lowest BCUT2D eigenvalue weighted by molar-refractivity contribution is -0.160. The van der Waals surface area contributed by atoms with Crippen LogP contribution in [0.1, 0.15) is 43.5 Å². The molecule has 11 nitrogen and oxygen atoms in total. The molecule has 43 heavy (non-hydrogen) atoms. The van der Waals surface area contributed by atoms with Gasteiger partial charge in [-0.05, 0) is 51.0 Å². The molecule has 1 fully saturated rings. The highest BCUT2D eigenvalue weighted by Gasteiger charge is 2.54. The monoisotopic (exact) mass is 649 g/mol. The maximum Gasteiger partial charge on any atom is 0.355 e. The number of esters is 2. The normalized spacial score (nSPS) is 18.5. The number of hydrogen-bond donors (Lipinski definition) is 0. The summed E-state index contributed by atoms with van der Waals surface area (Å²) in [6.07, 6.45) is -0.192. The number of ether oxygens (including phenoxy) is 3. The molecule has 2 aliphatic heterocycles. The van der Waals surface area contributed by atoms with E-state index in [0.29, 0.717) is 22.1 Å². The highest BCUT2D eigenvalue weighted by Crippen LogP contribution is 2.45. The van der Waals surface area contributed by atoms with Gasteiger partial charge < -0.3 is 19.0 Å². The summed E-state index contributed by atoms with van der Waals surface area (Å²) in [5.74, 6) is -1.77. The maximum atomic E-state index is 13.4. The second kappa shape index (κ2) is 13.9. The molecular weight excluding hydrogens is 618 g/mol. The zero-order valence-electron chi connectivity index (χ0n) is 24.4. The van der Waals surface area contributed by atoms with E-state index in [1.165, 1.54) is 28.0 Å². The number of hydrogen-bond acceptors (Lipinski definition) is 12. The van der Waals surface area contributed by atoms with E-state index in [4.69, 9.17) is 30.6 Å². The van der Waals surface area contributed by atoms with Crippen molar-refractivity contribution < 1.29 is 38.2 Å². The predicted octanol–water partition coefficient (Wildman–Crippen LogP) is 4.25. The van der Waals surface area contributed by atoms with Crippen molar-refractivity contribution >= 4 is 64.0 Å². The number of nitrogens with zero attached hydrogens (tertiary/aromatic N) is 3. The summed E-state index contributed by atoms with van der Waals surface area (Å²) in [6.45, 7) is 6.45. The van der Waals surface area contributed by atoms with E-state index in [9.17, 15) is 19.2 Å².